The second-order valence-electron chi connectivity index (χ2n) is 5.30. The number of piperazine rings is 1. The van der Waals surface area contributed by atoms with Gasteiger partial charge in [0.15, 0.2) is 5.96 Å². The maximum Gasteiger partial charge on any atom is 0.225 e. The van der Waals surface area contributed by atoms with Gasteiger partial charge in [-0.1, -0.05) is 0 Å². The van der Waals surface area contributed by atoms with Crippen molar-refractivity contribution in [1.82, 2.24) is 25.5 Å². The molecule has 1 saturated heterocycles. The van der Waals surface area contributed by atoms with Crippen LogP contribution in [0.3, 0.4) is 0 Å². The van der Waals surface area contributed by atoms with Gasteiger partial charge in [-0.2, -0.15) is 0 Å². The summed E-state index contributed by atoms with van der Waals surface area (Å²) >= 11 is 0. The summed E-state index contributed by atoms with van der Waals surface area (Å²) in [6.45, 7) is 7.26. The highest BCUT2D eigenvalue weighted by Gasteiger charge is 2.18. The van der Waals surface area contributed by atoms with E-state index in [1.54, 1.807) is 26.6 Å². The van der Waals surface area contributed by atoms with Crippen LogP contribution in [0.2, 0.25) is 0 Å². The molecule has 1 aliphatic heterocycles. The molecule has 1 aliphatic rings. The highest BCUT2D eigenvalue weighted by molar-refractivity contribution is 5.79. The van der Waals surface area contributed by atoms with Crippen molar-refractivity contribution in [2.75, 3.05) is 71.5 Å². The molecule has 0 amide bonds. The Morgan fingerprint density at radius 1 is 1.17 bits per heavy atom. The Hall–Kier alpha value is -1.93. The number of anilines is 1. The van der Waals surface area contributed by atoms with Crippen molar-refractivity contribution >= 4 is 11.9 Å². The smallest absolute Gasteiger partial charge is 0.225 e. The minimum absolute atomic E-state index is 0.671. The van der Waals surface area contributed by atoms with Gasteiger partial charge >= 0.3 is 0 Å². The van der Waals surface area contributed by atoms with Crippen molar-refractivity contribution in [3.63, 3.8) is 0 Å². The van der Waals surface area contributed by atoms with Gasteiger partial charge < -0.3 is 20.3 Å². The molecule has 0 spiro atoms. The summed E-state index contributed by atoms with van der Waals surface area (Å²) in [6.07, 6.45) is 3.58. The van der Waals surface area contributed by atoms with Crippen LogP contribution in [0.5, 0.6) is 0 Å². The van der Waals surface area contributed by atoms with E-state index in [0.29, 0.717) is 6.61 Å². The highest BCUT2D eigenvalue weighted by atomic mass is 16.5. The second-order valence-corrected chi connectivity index (χ2v) is 5.30. The molecule has 1 aromatic rings. The van der Waals surface area contributed by atoms with E-state index in [4.69, 9.17) is 4.74 Å². The van der Waals surface area contributed by atoms with Gasteiger partial charge in [0.1, 0.15) is 0 Å². The van der Waals surface area contributed by atoms with E-state index in [0.717, 1.165) is 57.7 Å². The van der Waals surface area contributed by atoms with Crippen LogP contribution >= 0.6 is 0 Å². The van der Waals surface area contributed by atoms with E-state index in [2.05, 4.69) is 35.4 Å². The van der Waals surface area contributed by atoms with E-state index in [9.17, 15) is 0 Å². The minimum atomic E-state index is 0.671. The average Bonchev–Trinajstić information content (AvgIpc) is 2.62. The van der Waals surface area contributed by atoms with E-state index in [-0.39, 0.29) is 0 Å². The van der Waals surface area contributed by atoms with E-state index < -0.39 is 0 Å². The van der Waals surface area contributed by atoms with E-state index in [1.165, 1.54) is 0 Å². The normalized spacial score (nSPS) is 16.4. The van der Waals surface area contributed by atoms with Gasteiger partial charge in [0.05, 0.1) is 6.61 Å². The zero-order valence-corrected chi connectivity index (χ0v) is 14.0. The summed E-state index contributed by atoms with van der Waals surface area (Å²) < 4.78 is 5.01. The van der Waals surface area contributed by atoms with Crippen LogP contribution in [0.15, 0.2) is 23.5 Å². The molecule has 0 atom stereocenters. The van der Waals surface area contributed by atoms with Crippen LogP contribution in [0.1, 0.15) is 0 Å². The third-order valence-electron chi connectivity index (χ3n) is 3.75. The first-order chi connectivity index (χ1) is 11.3. The summed E-state index contributed by atoms with van der Waals surface area (Å²) in [6, 6.07) is 1.85. The molecule has 8 heteroatoms. The Bertz CT molecular complexity index is 460. The van der Waals surface area contributed by atoms with Crippen molar-refractivity contribution in [3.05, 3.63) is 18.5 Å². The molecule has 128 valence electrons. The topological polar surface area (TPSA) is 77.9 Å². The zero-order chi connectivity index (χ0) is 16.3. The standard InChI is InChI=1S/C15H27N7O/c1-16-14(18-7-13-23-2)17-6-8-21-9-11-22(12-10-21)15-19-4-3-5-20-15/h3-5H,6-13H2,1-2H3,(H2,16,17,18). The molecule has 2 rings (SSSR count). The molecule has 0 radical (unpaired) electrons. The lowest BCUT2D eigenvalue weighted by atomic mass is 10.3. The number of aromatic nitrogens is 2. The zero-order valence-electron chi connectivity index (χ0n) is 14.0. The molecule has 8 nitrogen and oxygen atoms in total. The fraction of sp³-hybridized carbons (Fsp3) is 0.667. The summed E-state index contributed by atoms with van der Waals surface area (Å²) in [4.78, 5) is 17.5. The van der Waals surface area contributed by atoms with Crippen LogP contribution in [0, 0.1) is 0 Å². The average molecular weight is 321 g/mol. The summed E-state index contributed by atoms with van der Waals surface area (Å²) in [7, 11) is 3.47. The van der Waals surface area contributed by atoms with Crippen LogP contribution in [0.25, 0.3) is 0 Å². The van der Waals surface area contributed by atoms with Gasteiger partial charge in [0.2, 0.25) is 5.95 Å². The maximum absolute atomic E-state index is 5.01. The number of hydrogen-bond donors (Lipinski definition) is 2. The molecule has 0 bridgehead atoms. The van der Waals surface area contributed by atoms with Crippen molar-refractivity contribution in [3.8, 4) is 0 Å². The van der Waals surface area contributed by atoms with Crippen molar-refractivity contribution in [1.29, 1.82) is 0 Å². The Balaban J connectivity index is 1.63. The number of hydrogen-bond acceptors (Lipinski definition) is 6. The molecule has 0 unspecified atom stereocenters. The summed E-state index contributed by atoms with van der Waals surface area (Å²) in [5.41, 5.74) is 0. The number of nitrogens with zero attached hydrogens (tertiary/aromatic N) is 5. The minimum Gasteiger partial charge on any atom is -0.383 e. The Kier molecular flexibility index (Phi) is 7.55. The number of rotatable bonds is 7. The van der Waals surface area contributed by atoms with Crippen molar-refractivity contribution in [2.24, 2.45) is 4.99 Å². The van der Waals surface area contributed by atoms with Gasteiger partial charge in [0.25, 0.3) is 0 Å². The van der Waals surface area contributed by atoms with Crippen LogP contribution < -0.4 is 15.5 Å². The first kappa shape index (κ1) is 17.4. The van der Waals surface area contributed by atoms with Gasteiger partial charge in [-0.15, -0.1) is 0 Å². The largest absolute Gasteiger partial charge is 0.383 e. The Morgan fingerprint density at radius 3 is 2.52 bits per heavy atom. The van der Waals surface area contributed by atoms with Crippen molar-refractivity contribution in [2.45, 2.75) is 0 Å². The lowest BCUT2D eigenvalue weighted by Crippen LogP contribution is -2.49. The van der Waals surface area contributed by atoms with Crippen LogP contribution in [-0.2, 0) is 4.74 Å². The number of methoxy groups -OCH3 is 1. The van der Waals surface area contributed by atoms with Crippen LogP contribution in [-0.4, -0.2) is 87.4 Å². The van der Waals surface area contributed by atoms with Gasteiger partial charge in [-0.25, -0.2) is 9.97 Å². The highest BCUT2D eigenvalue weighted by Crippen LogP contribution is 2.08. The molecule has 2 N–H and O–H groups in total. The van der Waals surface area contributed by atoms with Gasteiger partial charge in [-0.3, -0.25) is 9.89 Å². The lowest BCUT2D eigenvalue weighted by molar-refractivity contribution is 0.203. The van der Waals surface area contributed by atoms with Crippen LogP contribution in [0.4, 0.5) is 5.95 Å². The quantitative estimate of drug-likeness (QED) is 0.395. The lowest BCUT2D eigenvalue weighted by Gasteiger charge is -2.34. The molecule has 0 aliphatic carbocycles. The first-order valence-corrected chi connectivity index (χ1v) is 8.01. The Labute approximate surface area is 138 Å². The number of guanidine groups is 1. The Morgan fingerprint density at radius 2 is 1.87 bits per heavy atom. The summed E-state index contributed by atoms with van der Waals surface area (Å²) in [5.74, 6) is 1.64. The summed E-state index contributed by atoms with van der Waals surface area (Å²) in [5, 5.41) is 6.53. The third kappa shape index (κ3) is 5.99. The maximum atomic E-state index is 5.01. The fourth-order valence-electron chi connectivity index (χ4n) is 2.45. The molecular weight excluding hydrogens is 294 g/mol. The molecule has 2 heterocycles. The van der Waals surface area contributed by atoms with E-state index in [1.807, 2.05) is 6.07 Å². The second kappa shape index (κ2) is 9.96. The number of aliphatic imine (C=N–C) groups is 1. The predicted molar refractivity (Wildman–Crippen MR) is 91.9 cm³/mol. The number of nitrogens with one attached hydrogen (secondary N) is 2. The van der Waals surface area contributed by atoms with Crippen molar-refractivity contribution < 1.29 is 4.74 Å². The third-order valence-corrected chi connectivity index (χ3v) is 3.75. The monoisotopic (exact) mass is 321 g/mol. The predicted octanol–water partition coefficient (Wildman–Crippen LogP) is -0.590. The van der Waals surface area contributed by atoms with Gasteiger partial charge in [0, 0.05) is 72.4 Å². The fourth-order valence-corrected chi connectivity index (χ4v) is 2.45. The number of ether oxygens (including phenoxy) is 1. The molecule has 0 aromatic carbocycles. The first-order valence-electron chi connectivity index (χ1n) is 8.01. The molecular formula is C15H27N7O. The molecule has 0 saturated carbocycles. The molecule has 23 heavy (non-hydrogen) atoms. The molecule has 1 fully saturated rings. The molecule has 1 aromatic heterocycles. The van der Waals surface area contributed by atoms with Gasteiger partial charge in [-0.05, 0) is 6.07 Å². The van der Waals surface area contributed by atoms with E-state index >= 15 is 0 Å². The SMILES string of the molecule is CN=C(NCCOC)NCCN1CCN(c2ncccn2)CC1.